The monoisotopic (exact) mass is 450 g/mol. The van der Waals surface area contributed by atoms with Crippen LogP contribution in [0, 0.1) is 0 Å². The summed E-state index contributed by atoms with van der Waals surface area (Å²) in [5.41, 5.74) is 11.2. The van der Waals surface area contributed by atoms with Crippen LogP contribution in [-0.4, -0.2) is 75.7 Å². The summed E-state index contributed by atoms with van der Waals surface area (Å²) >= 11 is 0. The molecule has 4 heterocycles. The van der Waals surface area contributed by atoms with Crippen molar-refractivity contribution in [2.75, 3.05) is 37.9 Å². The van der Waals surface area contributed by atoms with Crippen LogP contribution in [0.4, 0.5) is 11.9 Å². The van der Waals surface area contributed by atoms with E-state index in [1.807, 2.05) is 0 Å². The highest BCUT2D eigenvalue weighted by Crippen LogP contribution is 2.07. The van der Waals surface area contributed by atoms with Crippen LogP contribution in [0.5, 0.6) is 0 Å². The van der Waals surface area contributed by atoms with Gasteiger partial charge in [-0.1, -0.05) is 0 Å². The fourth-order valence-corrected chi connectivity index (χ4v) is 2.59. The quantitative estimate of drug-likeness (QED) is 0.151. The molecule has 0 aromatic carbocycles. The number of rotatable bonds is 8. The molecule has 0 aliphatic heterocycles. The van der Waals surface area contributed by atoms with Gasteiger partial charge < -0.3 is 31.2 Å². The maximum absolute atomic E-state index is 11.4. The van der Waals surface area contributed by atoms with Crippen molar-refractivity contribution in [1.29, 1.82) is 0 Å². The summed E-state index contributed by atoms with van der Waals surface area (Å²) in [7, 11) is 0. The molecule has 0 saturated carbocycles. The van der Waals surface area contributed by atoms with Gasteiger partial charge in [0.15, 0.2) is 22.3 Å². The van der Waals surface area contributed by atoms with E-state index in [2.05, 4.69) is 29.9 Å². The molecule has 0 saturated heterocycles. The molecule has 0 radical (unpaired) electrons. The van der Waals surface area contributed by atoms with E-state index in [1.165, 1.54) is 21.8 Å². The van der Waals surface area contributed by atoms with Crippen LogP contribution in [0.15, 0.2) is 22.2 Å². The van der Waals surface area contributed by atoms with Gasteiger partial charge in [0.25, 0.3) is 11.1 Å². The minimum Gasteiger partial charge on any atom is -0.394 e. The first-order valence-corrected chi connectivity index (χ1v) is 9.23. The minimum atomic E-state index is -0.386. The Bertz CT molecular complexity index is 1190. The second-order valence-electron chi connectivity index (χ2n) is 6.20. The normalized spacial score (nSPS) is 11.1. The molecule has 0 amide bonds. The van der Waals surface area contributed by atoms with Crippen LogP contribution in [0.3, 0.4) is 0 Å². The Morgan fingerprint density at radius 2 is 1.22 bits per heavy atom. The fourth-order valence-electron chi connectivity index (χ4n) is 2.59. The third-order valence-corrected chi connectivity index (χ3v) is 3.92. The lowest BCUT2D eigenvalue weighted by atomic mass is 10.5. The van der Waals surface area contributed by atoms with Crippen LogP contribution < -0.4 is 22.6 Å². The summed E-state index contributed by atoms with van der Waals surface area (Å²) in [4.78, 5) is 43.2. The number of hydrogen-bond acceptors (Lipinski definition) is 12. The lowest BCUT2D eigenvalue weighted by Crippen LogP contribution is -2.13. The van der Waals surface area contributed by atoms with E-state index in [0.717, 1.165) is 0 Å². The molecule has 4 aromatic heterocycles. The zero-order valence-electron chi connectivity index (χ0n) is 16.8. The van der Waals surface area contributed by atoms with Gasteiger partial charge in [-0.2, -0.15) is 9.97 Å². The summed E-state index contributed by atoms with van der Waals surface area (Å²) in [5, 5.41) is 17.1. The summed E-state index contributed by atoms with van der Waals surface area (Å²) in [6.45, 7) is 0.599. The van der Waals surface area contributed by atoms with E-state index in [0.29, 0.717) is 11.3 Å². The standard InChI is InChI=1S/2C8H11N5O3/c2*9-8-11-6-5(7(15)12-8)10-3-13(6)4-16-2-1-14/h2*3,14H,1-2,4H2,(H3,9,11,12,15). The van der Waals surface area contributed by atoms with E-state index in [9.17, 15) is 9.59 Å². The van der Waals surface area contributed by atoms with E-state index < -0.39 is 0 Å². The first-order valence-electron chi connectivity index (χ1n) is 9.23. The zero-order valence-corrected chi connectivity index (χ0v) is 16.8. The van der Waals surface area contributed by atoms with E-state index in [4.69, 9.17) is 31.2 Å². The van der Waals surface area contributed by atoms with Gasteiger partial charge in [-0.15, -0.1) is 0 Å². The van der Waals surface area contributed by atoms with Gasteiger partial charge in [-0.3, -0.25) is 28.7 Å². The molecule has 0 spiro atoms. The lowest BCUT2D eigenvalue weighted by Gasteiger charge is -2.03. The second-order valence-corrected chi connectivity index (χ2v) is 6.20. The number of aromatic nitrogens is 8. The van der Waals surface area contributed by atoms with Crippen molar-refractivity contribution in [3.8, 4) is 0 Å². The van der Waals surface area contributed by atoms with Gasteiger partial charge in [0.2, 0.25) is 11.9 Å². The van der Waals surface area contributed by atoms with E-state index >= 15 is 0 Å². The molecular formula is C16H22N10O6. The van der Waals surface area contributed by atoms with Gasteiger partial charge in [-0.25, -0.2) is 9.97 Å². The SMILES string of the molecule is Nc1nc2c(ncn2COCCO)c(=O)[nH]1.Nc1nc2c(ncn2COCCO)c(=O)[nH]1. The topological polar surface area (TPSA) is 238 Å². The molecule has 0 atom stereocenters. The van der Waals surface area contributed by atoms with Crippen molar-refractivity contribution in [3.05, 3.63) is 33.4 Å². The predicted molar refractivity (Wildman–Crippen MR) is 111 cm³/mol. The number of hydrogen-bond donors (Lipinski definition) is 6. The number of nitrogen functional groups attached to an aromatic ring is 2. The summed E-state index contributed by atoms with van der Waals surface area (Å²) in [5.74, 6) is 0.0582. The maximum Gasteiger partial charge on any atom is 0.280 e. The second kappa shape index (κ2) is 10.4. The Morgan fingerprint density at radius 1 is 0.812 bits per heavy atom. The maximum atomic E-state index is 11.4. The molecule has 8 N–H and O–H groups in total. The Labute approximate surface area is 178 Å². The molecule has 4 aromatic rings. The molecule has 16 heteroatoms. The first kappa shape index (κ1) is 22.8. The van der Waals surface area contributed by atoms with Crippen molar-refractivity contribution in [1.82, 2.24) is 39.0 Å². The Morgan fingerprint density at radius 3 is 1.59 bits per heavy atom. The van der Waals surface area contributed by atoms with Gasteiger partial charge in [0, 0.05) is 0 Å². The number of aliphatic hydroxyl groups excluding tert-OH is 2. The molecule has 0 aliphatic rings. The molecule has 172 valence electrons. The minimum absolute atomic E-state index is 0.0291. The summed E-state index contributed by atoms with van der Waals surface area (Å²) < 4.78 is 13.3. The number of nitrogens with two attached hydrogens (primary N) is 2. The van der Waals surface area contributed by atoms with Crippen LogP contribution >= 0.6 is 0 Å². The average molecular weight is 450 g/mol. The molecule has 16 nitrogen and oxygen atoms in total. The number of ether oxygens (including phenoxy) is 2. The van der Waals surface area contributed by atoms with Crippen LogP contribution in [-0.2, 0) is 22.9 Å². The summed E-state index contributed by atoms with van der Waals surface area (Å²) in [6, 6.07) is 0. The predicted octanol–water partition coefficient (Wildman–Crippen LogP) is -2.66. The molecule has 0 aliphatic carbocycles. The Kier molecular flexibility index (Phi) is 7.45. The van der Waals surface area contributed by atoms with Crippen molar-refractivity contribution in [2.24, 2.45) is 0 Å². The third kappa shape index (κ3) is 5.24. The van der Waals surface area contributed by atoms with Crippen molar-refractivity contribution in [3.63, 3.8) is 0 Å². The zero-order chi connectivity index (χ0) is 23.1. The van der Waals surface area contributed by atoms with E-state index in [-0.39, 0.29) is 73.9 Å². The number of nitrogens with zero attached hydrogens (tertiary/aromatic N) is 6. The molecule has 32 heavy (non-hydrogen) atoms. The molecular weight excluding hydrogens is 428 g/mol. The van der Waals surface area contributed by atoms with Gasteiger partial charge in [0.1, 0.15) is 13.5 Å². The Balaban J connectivity index is 0.000000181. The van der Waals surface area contributed by atoms with Gasteiger partial charge >= 0.3 is 0 Å². The number of nitrogens with one attached hydrogen (secondary N) is 2. The van der Waals surface area contributed by atoms with Gasteiger partial charge in [0.05, 0.1) is 39.1 Å². The smallest absolute Gasteiger partial charge is 0.280 e. The third-order valence-electron chi connectivity index (χ3n) is 3.92. The number of anilines is 2. The highest BCUT2D eigenvalue weighted by atomic mass is 16.5. The lowest BCUT2D eigenvalue weighted by molar-refractivity contribution is 0.0499. The Hall–Kier alpha value is -3.86. The first-order chi connectivity index (χ1) is 15.4. The molecule has 0 fully saturated rings. The van der Waals surface area contributed by atoms with Crippen LogP contribution in [0.25, 0.3) is 22.3 Å². The molecule has 0 bridgehead atoms. The summed E-state index contributed by atoms with van der Waals surface area (Å²) in [6.07, 6.45) is 2.87. The van der Waals surface area contributed by atoms with Crippen molar-refractivity contribution >= 4 is 34.2 Å². The van der Waals surface area contributed by atoms with Crippen molar-refractivity contribution in [2.45, 2.75) is 13.5 Å². The average Bonchev–Trinajstić information content (AvgIpc) is 3.34. The number of aliphatic hydroxyl groups is 2. The number of fused-ring (bicyclic) bond motifs is 2. The fraction of sp³-hybridized carbons (Fsp3) is 0.375. The highest BCUT2D eigenvalue weighted by Gasteiger charge is 2.09. The molecule has 4 rings (SSSR count). The van der Waals surface area contributed by atoms with Gasteiger partial charge in [-0.05, 0) is 0 Å². The number of aromatic amines is 2. The van der Waals surface area contributed by atoms with Crippen molar-refractivity contribution < 1.29 is 19.7 Å². The van der Waals surface area contributed by atoms with E-state index in [1.54, 1.807) is 0 Å². The van der Waals surface area contributed by atoms with Crippen LogP contribution in [0.1, 0.15) is 0 Å². The largest absolute Gasteiger partial charge is 0.394 e. The number of H-pyrrole nitrogens is 2. The van der Waals surface area contributed by atoms with Crippen LogP contribution in [0.2, 0.25) is 0 Å². The number of imidazole rings is 2. The highest BCUT2D eigenvalue weighted by molar-refractivity contribution is 5.71. The molecule has 0 unspecified atom stereocenters.